The largest absolute Gasteiger partial charge is 0.459 e. The van der Waals surface area contributed by atoms with Crippen molar-refractivity contribution in [3.8, 4) is 0 Å². The van der Waals surface area contributed by atoms with Gasteiger partial charge in [0.25, 0.3) is 5.91 Å². The SMILES string of the molecule is Cc1ccccc1C(=O)Nc1sc2c(c1C(=O)OC(C)C)CCCCC2. The van der Waals surface area contributed by atoms with Gasteiger partial charge in [-0.25, -0.2) is 4.79 Å². The van der Waals surface area contributed by atoms with Crippen LogP contribution in [0.5, 0.6) is 0 Å². The Bertz CT molecular complexity index is 823. The molecule has 1 aliphatic rings. The molecule has 0 radical (unpaired) electrons. The number of amides is 1. The molecule has 26 heavy (non-hydrogen) atoms. The minimum atomic E-state index is -0.334. The van der Waals surface area contributed by atoms with E-state index in [4.69, 9.17) is 4.74 Å². The second-order valence-electron chi connectivity index (χ2n) is 6.99. The number of fused-ring (bicyclic) bond motifs is 1. The van der Waals surface area contributed by atoms with E-state index in [0.29, 0.717) is 16.1 Å². The Kier molecular flexibility index (Phi) is 5.77. The minimum Gasteiger partial charge on any atom is -0.459 e. The highest BCUT2D eigenvalue weighted by molar-refractivity contribution is 7.17. The van der Waals surface area contributed by atoms with Crippen LogP contribution in [0.25, 0.3) is 0 Å². The van der Waals surface area contributed by atoms with Crippen LogP contribution in [0, 0.1) is 6.92 Å². The molecule has 0 saturated carbocycles. The van der Waals surface area contributed by atoms with E-state index in [-0.39, 0.29) is 18.0 Å². The summed E-state index contributed by atoms with van der Waals surface area (Å²) in [4.78, 5) is 26.7. The molecule has 138 valence electrons. The Labute approximate surface area is 158 Å². The van der Waals surface area contributed by atoms with E-state index >= 15 is 0 Å². The lowest BCUT2D eigenvalue weighted by atomic mass is 10.1. The van der Waals surface area contributed by atoms with Gasteiger partial charge in [-0.05, 0) is 63.6 Å². The normalized spacial score (nSPS) is 13.8. The zero-order valence-corrected chi connectivity index (χ0v) is 16.4. The number of nitrogens with one attached hydrogen (secondary N) is 1. The number of anilines is 1. The van der Waals surface area contributed by atoms with Gasteiger partial charge in [0.1, 0.15) is 5.00 Å². The molecular weight excluding hydrogens is 346 g/mol. The van der Waals surface area contributed by atoms with E-state index in [1.165, 1.54) is 22.6 Å². The van der Waals surface area contributed by atoms with Crippen molar-refractivity contribution in [3.05, 3.63) is 51.4 Å². The summed E-state index contributed by atoms with van der Waals surface area (Å²) in [6, 6.07) is 7.46. The van der Waals surface area contributed by atoms with E-state index in [9.17, 15) is 9.59 Å². The summed E-state index contributed by atoms with van der Waals surface area (Å²) >= 11 is 1.53. The number of rotatable bonds is 4. The molecule has 1 aromatic carbocycles. The summed E-state index contributed by atoms with van der Waals surface area (Å²) in [6.07, 6.45) is 5.00. The summed E-state index contributed by atoms with van der Waals surface area (Å²) < 4.78 is 5.47. The van der Waals surface area contributed by atoms with Gasteiger partial charge in [0.2, 0.25) is 0 Å². The van der Waals surface area contributed by atoms with Crippen LogP contribution in [-0.4, -0.2) is 18.0 Å². The summed E-state index contributed by atoms with van der Waals surface area (Å²) in [6.45, 7) is 5.59. The number of carbonyl (C=O) groups is 2. The highest BCUT2D eigenvalue weighted by Gasteiger charge is 2.27. The summed E-state index contributed by atoms with van der Waals surface area (Å²) in [5, 5.41) is 3.60. The number of benzene rings is 1. The summed E-state index contributed by atoms with van der Waals surface area (Å²) in [5.74, 6) is -0.516. The predicted octanol–water partition coefficient (Wildman–Crippen LogP) is 5.14. The fourth-order valence-corrected chi connectivity index (χ4v) is 4.59. The zero-order valence-electron chi connectivity index (χ0n) is 15.6. The summed E-state index contributed by atoms with van der Waals surface area (Å²) in [7, 11) is 0. The highest BCUT2D eigenvalue weighted by Crippen LogP contribution is 2.38. The number of carbonyl (C=O) groups excluding carboxylic acids is 2. The third-order valence-corrected chi connectivity index (χ3v) is 5.79. The van der Waals surface area contributed by atoms with Gasteiger partial charge in [-0.3, -0.25) is 4.79 Å². The van der Waals surface area contributed by atoms with E-state index in [0.717, 1.165) is 36.8 Å². The van der Waals surface area contributed by atoms with Gasteiger partial charge in [0.15, 0.2) is 0 Å². The lowest BCUT2D eigenvalue weighted by molar-refractivity contribution is 0.0378. The quantitative estimate of drug-likeness (QED) is 0.598. The molecule has 0 spiro atoms. The van der Waals surface area contributed by atoms with Crippen molar-refractivity contribution >= 4 is 28.2 Å². The molecule has 4 nitrogen and oxygen atoms in total. The number of hydrogen-bond donors (Lipinski definition) is 1. The van der Waals surface area contributed by atoms with E-state index in [1.807, 2.05) is 39.0 Å². The molecule has 0 atom stereocenters. The molecule has 1 aromatic heterocycles. The van der Waals surface area contributed by atoms with Gasteiger partial charge in [-0.2, -0.15) is 0 Å². The van der Waals surface area contributed by atoms with Crippen molar-refractivity contribution in [1.29, 1.82) is 0 Å². The highest BCUT2D eigenvalue weighted by atomic mass is 32.1. The first-order valence-electron chi connectivity index (χ1n) is 9.20. The van der Waals surface area contributed by atoms with Gasteiger partial charge < -0.3 is 10.1 Å². The van der Waals surface area contributed by atoms with Crippen molar-refractivity contribution < 1.29 is 14.3 Å². The molecule has 1 N–H and O–H groups in total. The van der Waals surface area contributed by atoms with Crippen molar-refractivity contribution in [2.45, 2.75) is 59.0 Å². The lowest BCUT2D eigenvalue weighted by Gasteiger charge is -2.12. The first-order valence-corrected chi connectivity index (χ1v) is 10.0. The van der Waals surface area contributed by atoms with Gasteiger partial charge >= 0.3 is 5.97 Å². The third-order valence-electron chi connectivity index (χ3n) is 4.58. The maximum Gasteiger partial charge on any atom is 0.341 e. The first-order chi connectivity index (χ1) is 12.5. The van der Waals surface area contributed by atoms with Crippen LogP contribution >= 0.6 is 11.3 Å². The van der Waals surface area contributed by atoms with Gasteiger partial charge in [-0.15, -0.1) is 11.3 Å². The van der Waals surface area contributed by atoms with E-state index < -0.39 is 0 Å². The maximum absolute atomic E-state index is 12.8. The minimum absolute atomic E-state index is 0.182. The van der Waals surface area contributed by atoms with Crippen LogP contribution in [0.2, 0.25) is 0 Å². The van der Waals surface area contributed by atoms with Crippen LogP contribution in [0.15, 0.2) is 24.3 Å². The molecule has 0 fully saturated rings. The van der Waals surface area contributed by atoms with Gasteiger partial charge in [0.05, 0.1) is 11.7 Å². The molecule has 2 aromatic rings. The Morgan fingerprint density at radius 3 is 2.58 bits per heavy atom. The van der Waals surface area contributed by atoms with Crippen molar-refractivity contribution in [3.63, 3.8) is 0 Å². The molecule has 0 bridgehead atoms. The second-order valence-corrected chi connectivity index (χ2v) is 8.10. The van der Waals surface area contributed by atoms with Crippen LogP contribution in [0.3, 0.4) is 0 Å². The van der Waals surface area contributed by atoms with Crippen LogP contribution < -0.4 is 5.32 Å². The number of aryl methyl sites for hydroxylation is 2. The smallest absolute Gasteiger partial charge is 0.341 e. The maximum atomic E-state index is 12.8. The molecule has 0 saturated heterocycles. The van der Waals surface area contributed by atoms with Crippen molar-refractivity contribution in [2.24, 2.45) is 0 Å². The Hall–Kier alpha value is -2.14. The Morgan fingerprint density at radius 2 is 1.85 bits per heavy atom. The molecule has 1 heterocycles. The van der Waals surface area contributed by atoms with Crippen LogP contribution in [-0.2, 0) is 17.6 Å². The second kappa shape index (κ2) is 8.04. The molecule has 1 aliphatic carbocycles. The lowest BCUT2D eigenvalue weighted by Crippen LogP contribution is -2.18. The predicted molar refractivity (Wildman–Crippen MR) is 105 cm³/mol. The number of esters is 1. The molecule has 5 heteroatoms. The standard InChI is InChI=1S/C21H25NO3S/c1-13(2)25-21(24)18-16-11-5-4-6-12-17(16)26-20(18)22-19(23)15-10-8-7-9-14(15)3/h7-10,13H,4-6,11-12H2,1-3H3,(H,22,23). The fraction of sp³-hybridized carbons (Fsp3) is 0.429. The molecule has 3 rings (SSSR count). The average Bonchev–Trinajstić information content (AvgIpc) is 2.75. The number of hydrogen-bond acceptors (Lipinski definition) is 4. The van der Waals surface area contributed by atoms with Crippen molar-refractivity contribution in [2.75, 3.05) is 5.32 Å². The Balaban J connectivity index is 1.96. The zero-order chi connectivity index (χ0) is 18.7. The third kappa shape index (κ3) is 3.98. The van der Waals surface area contributed by atoms with Crippen LogP contribution in [0.4, 0.5) is 5.00 Å². The van der Waals surface area contributed by atoms with E-state index in [1.54, 1.807) is 6.07 Å². The fourth-order valence-electron chi connectivity index (χ4n) is 3.32. The van der Waals surface area contributed by atoms with Crippen molar-refractivity contribution in [1.82, 2.24) is 0 Å². The molecule has 0 unspecified atom stereocenters. The van der Waals surface area contributed by atoms with Gasteiger partial charge in [0, 0.05) is 10.4 Å². The molecular formula is C21H25NO3S. The monoisotopic (exact) mass is 371 g/mol. The average molecular weight is 372 g/mol. The molecule has 1 amide bonds. The summed E-state index contributed by atoms with van der Waals surface area (Å²) in [5.41, 5.74) is 3.16. The topological polar surface area (TPSA) is 55.4 Å². The van der Waals surface area contributed by atoms with E-state index in [2.05, 4.69) is 5.32 Å². The number of ether oxygens (including phenoxy) is 1. The first kappa shape index (κ1) is 18.6. The van der Waals surface area contributed by atoms with Gasteiger partial charge in [-0.1, -0.05) is 24.6 Å². The van der Waals surface area contributed by atoms with Crippen LogP contribution in [0.1, 0.15) is 69.8 Å². The Morgan fingerprint density at radius 1 is 1.12 bits per heavy atom. The number of thiophene rings is 1. The molecule has 0 aliphatic heterocycles.